The molecule has 1 fully saturated rings. The van der Waals surface area contributed by atoms with Gasteiger partial charge in [-0.1, -0.05) is 39.6 Å². The zero-order valence-electron chi connectivity index (χ0n) is 13.5. The summed E-state index contributed by atoms with van der Waals surface area (Å²) in [7, 11) is 2.27. The lowest BCUT2D eigenvalue weighted by Crippen LogP contribution is -2.53. The van der Waals surface area contributed by atoms with Gasteiger partial charge in [-0.3, -0.25) is 0 Å². The molecule has 2 aromatic rings. The van der Waals surface area contributed by atoms with Crippen LogP contribution in [0.3, 0.4) is 0 Å². The number of hydrogen-bond donors (Lipinski definition) is 1. The predicted octanol–water partition coefficient (Wildman–Crippen LogP) is 4.07. The second-order valence-electron chi connectivity index (χ2n) is 6.27. The molecule has 0 saturated heterocycles. The van der Waals surface area contributed by atoms with E-state index >= 15 is 0 Å². The summed E-state index contributed by atoms with van der Waals surface area (Å²) in [6, 6.07) is 16.9. The van der Waals surface area contributed by atoms with Gasteiger partial charge in [-0.05, 0) is 49.1 Å². The van der Waals surface area contributed by atoms with Crippen LogP contribution in [-0.4, -0.2) is 17.6 Å². The molecule has 0 aromatic heterocycles. The molecule has 0 amide bonds. The van der Waals surface area contributed by atoms with Crippen LogP contribution in [0.15, 0.2) is 54.6 Å². The third-order valence-electron chi connectivity index (χ3n) is 4.29. The van der Waals surface area contributed by atoms with E-state index in [0.29, 0.717) is 18.8 Å². The number of nitrogens with two attached hydrogens (primary N) is 1. The van der Waals surface area contributed by atoms with Gasteiger partial charge in [0.2, 0.25) is 0 Å². The van der Waals surface area contributed by atoms with Crippen molar-refractivity contribution in [3.05, 3.63) is 60.2 Å². The highest BCUT2D eigenvalue weighted by Gasteiger charge is 2.43. The van der Waals surface area contributed by atoms with Crippen molar-refractivity contribution in [2.75, 3.05) is 0 Å². The maximum atomic E-state index is 14.6. The molecule has 2 aromatic carbocycles. The van der Waals surface area contributed by atoms with Crippen molar-refractivity contribution in [3.63, 3.8) is 0 Å². The summed E-state index contributed by atoms with van der Waals surface area (Å²) in [6.07, 6.45) is 1.37. The van der Waals surface area contributed by atoms with E-state index in [9.17, 15) is 4.39 Å². The van der Waals surface area contributed by atoms with Crippen LogP contribution in [0.25, 0.3) is 0 Å². The summed E-state index contributed by atoms with van der Waals surface area (Å²) in [5.74, 6) is 1.35. The lowest BCUT2D eigenvalue weighted by molar-refractivity contribution is 0.0247. The summed E-state index contributed by atoms with van der Waals surface area (Å²) in [4.78, 5) is 0. The fraction of sp³-hybridized carbons (Fsp3) is 0.368. The minimum absolute atomic E-state index is 0.296. The largest absolute Gasteiger partial charge is 0.489 e. The molecule has 1 aliphatic carbocycles. The molecule has 4 atom stereocenters. The highest BCUT2D eigenvalue weighted by Crippen LogP contribution is 2.39. The Labute approximate surface area is 144 Å². The van der Waals surface area contributed by atoms with E-state index in [-0.39, 0.29) is 6.04 Å². The standard InChI is InChI=1S/C19H23FNO2P/c20-19(24)12-4-7-17(21)18(19)23-16-10-8-15(9-11-16)22-13-14-5-2-1-3-6-14/h1-3,5-6,8-11,17-18H,4,7,12-13,21,24H2. The van der Waals surface area contributed by atoms with Crippen LogP contribution in [0, 0.1) is 0 Å². The van der Waals surface area contributed by atoms with Crippen molar-refractivity contribution in [1.29, 1.82) is 0 Å². The number of ether oxygens (including phenoxy) is 2. The van der Waals surface area contributed by atoms with Crippen LogP contribution in [-0.2, 0) is 6.61 Å². The summed E-state index contributed by atoms with van der Waals surface area (Å²) >= 11 is 0. The van der Waals surface area contributed by atoms with Crippen LogP contribution in [0.1, 0.15) is 24.8 Å². The Morgan fingerprint density at radius 2 is 1.75 bits per heavy atom. The lowest BCUT2D eigenvalue weighted by Gasteiger charge is -2.38. The highest BCUT2D eigenvalue weighted by atomic mass is 31.0. The first-order valence-electron chi connectivity index (χ1n) is 8.21. The van der Waals surface area contributed by atoms with Crippen molar-refractivity contribution < 1.29 is 13.9 Å². The summed E-state index contributed by atoms with van der Waals surface area (Å²) in [6.45, 7) is 0.508. The molecular weight excluding hydrogens is 324 g/mol. The Hall–Kier alpha value is -1.64. The number of rotatable bonds is 5. The molecule has 1 saturated carbocycles. The third-order valence-corrected chi connectivity index (χ3v) is 4.91. The zero-order valence-corrected chi connectivity index (χ0v) is 14.7. The number of alkyl halides is 1. The van der Waals surface area contributed by atoms with E-state index in [1.54, 1.807) is 12.1 Å². The van der Waals surface area contributed by atoms with Crippen LogP contribution in [0.5, 0.6) is 11.5 Å². The quantitative estimate of drug-likeness (QED) is 0.830. The summed E-state index contributed by atoms with van der Waals surface area (Å²) < 4.78 is 26.2. The second kappa shape index (κ2) is 7.50. The smallest absolute Gasteiger partial charge is 0.161 e. The minimum Gasteiger partial charge on any atom is -0.489 e. The van der Waals surface area contributed by atoms with E-state index in [2.05, 4.69) is 9.24 Å². The number of benzene rings is 2. The maximum Gasteiger partial charge on any atom is 0.161 e. The molecule has 0 aliphatic heterocycles. The van der Waals surface area contributed by atoms with Gasteiger partial charge in [0.1, 0.15) is 18.1 Å². The summed E-state index contributed by atoms with van der Waals surface area (Å²) in [5, 5.41) is -1.47. The van der Waals surface area contributed by atoms with E-state index in [1.165, 1.54) is 0 Å². The fourth-order valence-corrected chi connectivity index (χ4v) is 3.46. The monoisotopic (exact) mass is 347 g/mol. The molecule has 128 valence electrons. The van der Waals surface area contributed by atoms with Gasteiger partial charge in [0.05, 0.1) is 0 Å². The van der Waals surface area contributed by atoms with Crippen LogP contribution >= 0.6 is 9.24 Å². The first-order valence-corrected chi connectivity index (χ1v) is 8.79. The predicted molar refractivity (Wildman–Crippen MR) is 97.0 cm³/mol. The molecular formula is C19H23FNO2P. The average Bonchev–Trinajstić information content (AvgIpc) is 2.58. The van der Waals surface area contributed by atoms with Gasteiger partial charge < -0.3 is 15.2 Å². The van der Waals surface area contributed by atoms with Crippen molar-refractivity contribution in [2.45, 2.75) is 43.4 Å². The topological polar surface area (TPSA) is 44.5 Å². The molecule has 0 radical (unpaired) electrons. The molecule has 0 spiro atoms. The van der Waals surface area contributed by atoms with Crippen molar-refractivity contribution in [2.24, 2.45) is 5.73 Å². The molecule has 24 heavy (non-hydrogen) atoms. The molecule has 4 unspecified atom stereocenters. The highest BCUT2D eigenvalue weighted by molar-refractivity contribution is 7.18. The van der Waals surface area contributed by atoms with E-state index in [4.69, 9.17) is 15.2 Å². The SMILES string of the molecule is NC1CCCC(F)(P)C1Oc1ccc(OCc2ccccc2)cc1. The first kappa shape index (κ1) is 17.2. The van der Waals surface area contributed by atoms with Gasteiger partial charge in [0.25, 0.3) is 0 Å². The van der Waals surface area contributed by atoms with Crippen molar-refractivity contribution >= 4 is 9.24 Å². The van der Waals surface area contributed by atoms with Gasteiger partial charge in [0.15, 0.2) is 11.5 Å². The van der Waals surface area contributed by atoms with Gasteiger partial charge in [-0.25, -0.2) is 4.39 Å². The van der Waals surface area contributed by atoms with Crippen LogP contribution in [0.2, 0.25) is 0 Å². The Bertz CT molecular complexity index is 648. The Morgan fingerprint density at radius 1 is 1.08 bits per heavy atom. The fourth-order valence-electron chi connectivity index (χ4n) is 2.95. The zero-order chi connectivity index (χ0) is 17.0. The van der Waals surface area contributed by atoms with Crippen LogP contribution in [0.4, 0.5) is 4.39 Å². The normalized spacial score (nSPS) is 26.8. The minimum atomic E-state index is -1.47. The van der Waals surface area contributed by atoms with E-state index < -0.39 is 11.5 Å². The molecule has 3 nitrogen and oxygen atoms in total. The molecule has 0 bridgehead atoms. The molecule has 3 rings (SSSR count). The first-order chi connectivity index (χ1) is 11.5. The van der Waals surface area contributed by atoms with E-state index in [1.807, 2.05) is 42.5 Å². The van der Waals surface area contributed by atoms with Crippen molar-refractivity contribution in [1.82, 2.24) is 0 Å². The number of hydrogen-bond acceptors (Lipinski definition) is 3. The average molecular weight is 347 g/mol. The Kier molecular flexibility index (Phi) is 5.37. The molecule has 2 N–H and O–H groups in total. The summed E-state index contributed by atoms with van der Waals surface area (Å²) in [5.41, 5.74) is 7.15. The Morgan fingerprint density at radius 3 is 2.42 bits per heavy atom. The van der Waals surface area contributed by atoms with Gasteiger partial charge in [-0.15, -0.1) is 0 Å². The van der Waals surface area contributed by atoms with Gasteiger partial charge in [-0.2, -0.15) is 0 Å². The van der Waals surface area contributed by atoms with Gasteiger partial charge in [0, 0.05) is 6.04 Å². The second-order valence-corrected chi connectivity index (χ2v) is 7.23. The third kappa shape index (κ3) is 4.25. The van der Waals surface area contributed by atoms with Crippen molar-refractivity contribution in [3.8, 4) is 11.5 Å². The molecule has 0 heterocycles. The lowest BCUT2D eigenvalue weighted by atomic mass is 9.90. The molecule has 1 aliphatic rings. The number of halogens is 1. The Balaban J connectivity index is 1.60. The maximum absolute atomic E-state index is 14.6. The van der Waals surface area contributed by atoms with Gasteiger partial charge >= 0.3 is 0 Å². The molecule has 5 heteroatoms. The van der Waals surface area contributed by atoms with Crippen LogP contribution < -0.4 is 15.2 Å². The van der Waals surface area contributed by atoms with E-state index in [0.717, 1.165) is 24.2 Å².